The number of nitrogens with one attached hydrogen (secondary N) is 4. The summed E-state index contributed by atoms with van der Waals surface area (Å²) >= 11 is 0. The minimum absolute atomic E-state index is 0.0169. The van der Waals surface area contributed by atoms with Crippen molar-refractivity contribution in [1.29, 1.82) is 0 Å². The summed E-state index contributed by atoms with van der Waals surface area (Å²) in [6, 6.07) is 6.01. The van der Waals surface area contributed by atoms with Gasteiger partial charge in [-0.05, 0) is 37.8 Å². The molecule has 0 aliphatic heterocycles. The second-order valence-corrected chi connectivity index (χ2v) is 6.09. The zero-order chi connectivity index (χ0) is 17.5. The third-order valence-electron chi connectivity index (χ3n) is 3.81. The Kier molecular flexibility index (Phi) is 6.23. The number of hydrogen-bond acceptors (Lipinski definition) is 2. The van der Waals surface area contributed by atoms with Gasteiger partial charge in [-0.1, -0.05) is 25.1 Å². The van der Waals surface area contributed by atoms with Crippen molar-refractivity contribution < 1.29 is 9.59 Å². The van der Waals surface area contributed by atoms with Crippen LogP contribution in [0.15, 0.2) is 24.4 Å². The van der Waals surface area contributed by atoms with Crippen LogP contribution in [-0.4, -0.2) is 36.1 Å². The third-order valence-corrected chi connectivity index (χ3v) is 3.81. The largest absolute Gasteiger partial charge is 0.361 e. The molecule has 6 nitrogen and oxygen atoms in total. The molecule has 0 bridgehead atoms. The van der Waals surface area contributed by atoms with E-state index in [1.54, 1.807) is 0 Å². The topological polar surface area (TPSA) is 86.0 Å². The zero-order valence-electron chi connectivity index (χ0n) is 14.5. The van der Waals surface area contributed by atoms with E-state index in [9.17, 15) is 9.59 Å². The summed E-state index contributed by atoms with van der Waals surface area (Å²) in [4.78, 5) is 26.5. The van der Waals surface area contributed by atoms with Gasteiger partial charge in [0.2, 0.25) is 5.91 Å². The molecule has 0 fully saturated rings. The van der Waals surface area contributed by atoms with Crippen LogP contribution >= 0.6 is 0 Å². The minimum atomic E-state index is -0.331. The molecule has 0 saturated carbocycles. The number of fused-ring (bicyclic) bond motifs is 1. The van der Waals surface area contributed by atoms with Gasteiger partial charge in [0.1, 0.15) is 0 Å². The van der Waals surface area contributed by atoms with Crippen molar-refractivity contribution in [3.63, 3.8) is 0 Å². The van der Waals surface area contributed by atoms with Gasteiger partial charge >= 0.3 is 6.03 Å². The Morgan fingerprint density at radius 1 is 1.17 bits per heavy atom. The average molecular weight is 330 g/mol. The van der Waals surface area contributed by atoms with Gasteiger partial charge in [0.25, 0.3) is 0 Å². The summed E-state index contributed by atoms with van der Waals surface area (Å²) in [7, 11) is 0. The Hall–Kier alpha value is -2.50. The van der Waals surface area contributed by atoms with Gasteiger partial charge in [0, 0.05) is 29.7 Å². The summed E-state index contributed by atoms with van der Waals surface area (Å²) in [5.74, 6) is -0.191. The predicted octanol–water partition coefficient (Wildman–Crippen LogP) is 2.10. The quantitative estimate of drug-likeness (QED) is 0.627. The van der Waals surface area contributed by atoms with Gasteiger partial charge in [-0.15, -0.1) is 0 Å². The number of aromatic amines is 1. The van der Waals surface area contributed by atoms with E-state index in [1.165, 1.54) is 22.0 Å². The maximum Gasteiger partial charge on any atom is 0.315 e. The van der Waals surface area contributed by atoms with Gasteiger partial charge in [-0.25, -0.2) is 4.79 Å². The van der Waals surface area contributed by atoms with Gasteiger partial charge in [-0.3, -0.25) is 4.79 Å². The number of carbonyl (C=O) groups is 2. The molecule has 0 aliphatic rings. The van der Waals surface area contributed by atoms with Crippen LogP contribution in [0.25, 0.3) is 10.9 Å². The Morgan fingerprint density at radius 2 is 1.96 bits per heavy atom. The smallest absolute Gasteiger partial charge is 0.315 e. The number of aryl methyl sites for hydroxylation is 1. The van der Waals surface area contributed by atoms with E-state index < -0.39 is 0 Å². The van der Waals surface area contributed by atoms with Gasteiger partial charge in [-0.2, -0.15) is 0 Å². The first-order valence-electron chi connectivity index (χ1n) is 8.40. The molecule has 1 aromatic heterocycles. The van der Waals surface area contributed by atoms with E-state index in [1.807, 2.05) is 20.0 Å². The van der Waals surface area contributed by atoms with Crippen molar-refractivity contribution in [3.8, 4) is 0 Å². The Morgan fingerprint density at radius 3 is 2.67 bits per heavy atom. The minimum Gasteiger partial charge on any atom is -0.361 e. The Bertz CT molecular complexity index is 706. The van der Waals surface area contributed by atoms with E-state index in [0.717, 1.165) is 12.8 Å². The molecule has 3 amide bonds. The number of para-hydroxylation sites is 1. The Balaban J connectivity index is 1.80. The number of carbonyl (C=O) groups excluding carboxylic acids is 2. The number of hydrogen-bond donors (Lipinski definition) is 4. The molecule has 1 heterocycles. The van der Waals surface area contributed by atoms with E-state index >= 15 is 0 Å². The summed E-state index contributed by atoms with van der Waals surface area (Å²) < 4.78 is 0. The Labute approximate surface area is 142 Å². The van der Waals surface area contributed by atoms with E-state index in [2.05, 4.69) is 46.1 Å². The predicted molar refractivity (Wildman–Crippen MR) is 96.1 cm³/mol. The lowest BCUT2D eigenvalue weighted by Crippen LogP contribution is -2.44. The molecule has 6 heteroatoms. The normalized spacial score (nSPS) is 10.8. The SMILES string of the molecule is CCc1cccc2c(CCNC(=O)NCC(=O)NC(C)C)c[nH]c12. The second-order valence-electron chi connectivity index (χ2n) is 6.09. The molecule has 130 valence electrons. The molecule has 2 rings (SSSR count). The molecule has 0 saturated heterocycles. The van der Waals surface area contributed by atoms with Crippen molar-refractivity contribution in [2.75, 3.05) is 13.1 Å². The second kappa shape index (κ2) is 8.38. The number of urea groups is 1. The van der Waals surface area contributed by atoms with E-state index in [0.29, 0.717) is 6.54 Å². The van der Waals surface area contributed by atoms with Crippen LogP contribution in [0, 0.1) is 0 Å². The molecular weight excluding hydrogens is 304 g/mol. The first-order valence-corrected chi connectivity index (χ1v) is 8.40. The van der Waals surface area contributed by atoms with Crippen LogP contribution in [0.3, 0.4) is 0 Å². The number of H-pyrrole nitrogens is 1. The van der Waals surface area contributed by atoms with Gasteiger partial charge in [0.15, 0.2) is 0 Å². The van der Waals surface area contributed by atoms with Crippen LogP contribution < -0.4 is 16.0 Å². The highest BCUT2D eigenvalue weighted by molar-refractivity contribution is 5.86. The highest BCUT2D eigenvalue weighted by Crippen LogP contribution is 2.22. The lowest BCUT2D eigenvalue weighted by Gasteiger charge is -2.10. The number of rotatable bonds is 7. The maximum absolute atomic E-state index is 11.7. The fraction of sp³-hybridized carbons (Fsp3) is 0.444. The molecule has 0 atom stereocenters. The molecule has 24 heavy (non-hydrogen) atoms. The molecule has 0 spiro atoms. The molecule has 0 radical (unpaired) electrons. The van der Waals surface area contributed by atoms with Crippen LogP contribution in [0.2, 0.25) is 0 Å². The van der Waals surface area contributed by atoms with E-state index in [-0.39, 0.29) is 24.5 Å². The van der Waals surface area contributed by atoms with Crippen molar-refractivity contribution in [3.05, 3.63) is 35.5 Å². The van der Waals surface area contributed by atoms with Crippen molar-refractivity contribution in [2.45, 2.75) is 39.7 Å². The number of amides is 3. The zero-order valence-corrected chi connectivity index (χ0v) is 14.5. The highest BCUT2D eigenvalue weighted by Gasteiger charge is 2.08. The highest BCUT2D eigenvalue weighted by atomic mass is 16.2. The lowest BCUT2D eigenvalue weighted by molar-refractivity contribution is -0.120. The van der Waals surface area contributed by atoms with Crippen LogP contribution in [0.4, 0.5) is 4.79 Å². The van der Waals surface area contributed by atoms with Crippen molar-refractivity contribution in [2.24, 2.45) is 0 Å². The fourth-order valence-electron chi connectivity index (χ4n) is 2.68. The molecule has 4 N–H and O–H groups in total. The average Bonchev–Trinajstić information content (AvgIpc) is 2.95. The van der Waals surface area contributed by atoms with E-state index in [4.69, 9.17) is 0 Å². The fourth-order valence-corrected chi connectivity index (χ4v) is 2.68. The van der Waals surface area contributed by atoms with Crippen LogP contribution in [0.5, 0.6) is 0 Å². The third kappa shape index (κ3) is 4.75. The summed E-state index contributed by atoms with van der Waals surface area (Å²) in [6.07, 6.45) is 3.72. The lowest BCUT2D eigenvalue weighted by atomic mass is 10.1. The first-order chi connectivity index (χ1) is 11.5. The van der Waals surface area contributed by atoms with Crippen LogP contribution in [-0.2, 0) is 17.6 Å². The maximum atomic E-state index is 11.7. The number of aromatic nitrogens is 1. The van der Waals surface area contributed by atoms with Gasteiger partial charge < -0.3 is 20.9 Å². The monoisotopic (exact) mass is 330 g/mol. The summed E-state index contributed by atoms with van der Waals surface area (Å²) in [5, 5.41) is 9.26. The molecule has 2 aromatic rings. The first kappa shape index (κ1) is 17.8. The molecule has 1 aromatic carbocycles. The molecular formula is C18H26N4O2. The van der Waals surface area contributed by atoms with Crippen LogP contribution in [0.1, 0.15) is 31.9 Å². The summed E-state index contributed by atoms with van der Waals surface area (Å²) in [6.45, 7) is 6.39. The van der Waals surface area contributed by atoms with Gasteiger partial charge in [0.05, 0.1) is 6.54 Å². The van der Waals surface area contributed by atoms with Crippen molar-refractivity contribution in [1.82, 2.24) is 20.9 Å². The summed E-state index contributed by atoms with van der Waals surface area (Å²) in [5.41, 5.74) is 3.64. The molecule has 0 unspecified atom stereocenters. The molecule has 0 aliphatic carbocycles. The van der Waals surface area contributed by atoms with Crippen molar-refractivity contribution >= 4 is 22.8 Å². The number of benzene rings is 1. The standard InChI is InChI=1S/C18H26N4O2/c1-4-13-6-5-7-15-14(10-20-17(13)15)8-9-19-18(24)21-11-16(23)22-12(2)3/h5-7,10,12,20H,4,8-9,11H2,1-3H3,(H,22,23)(H2,19,21,24).